The Morgan fingerprint density at radius 1 is 0.404 bits per heavy atom. The van der Waals surface area contributed by atoms with Crippen molar-refractivity contribution in [2.75, 3.05) is 0 Å². The Labute approximate surface area is 310 Å². The van der Waals surface area contributed by atoms with Gasteiger partial charge < -0.3 is 0 Å². The lowest BCUT2D eigenvalue weighted by Gasteiger charge is -2.47. The second kappa shape index (κ2) is 12.8. The first kappa shape index (κ1) is 33.9. The Morgan fingerprint density at radius 3 is 1.38 bits per heavy atom. The summed E-state index contributed by atoms with van der Waals surface area (Å²) in [5, 5.41) is 6.17. The maximum atomic E-state index is 4.96. The van der Waals surface area contributed by atoms with Crippen LogP contribution in [0.2, 0.25) is 0 Å². The smallest absolute Gasteiger partial charge is 0.0714 e. The summed E-state index contributed by atoms with van der Waals surface area (Å²) in [5.74, 6) is 0. The van der Waals surface area contributed by atoms with Crippen LogP contribution in [0.4, 0.5) is 0 Å². The molecule has 1 nitrogen and oxygen atoms in total. The van der Waals surface area contributed by atoms with E-state index in [2.05, 4.69) is 178 Å². The number of rotatable bonds is 5. The molecule has 258 valence electrons. The molecule has 52 heavy (non-hydrogen) atoms. The van der Waals surface area contributed by atoms with E-state index in [0.717, 1.165) is 5.52 Å². The highest BCUT2D eigenvalue weighted by Crippen LogP contribution is 2.77. The summed E-state index contributed by atoms with van der Waals surface area (Å²) in [6.45, 7) is 20.7. The van der Waals surface area contributed by atoms with Gasteiger partial charge in [0.2, 0.25) is 0 Å². The second-order valence-electron chi connectivity index (χ2n) is 15.1. The summed E-state index contributed by atoms with van der Waals surface area (Å²) in [7, 11) is -1.94. The van der Waals surface area contributed by atoms with Crippen molar-refractivity contribution in [3.63, 3.8) is 0 Å². The van der Waals surface area contributed by atoms with E-state index < -0.39 is 10.0 Å². The lowest BCUT2D eigenvalue weighted by molar-refractivity contribution is 1.07. The van der Waals surface area contributed by atoms with Crippen LogP contribution in [0.1, 0.15) is 50.1 Å². The van der Waals surface area contributed by atoms with Crippen molar-refractivity contribution < 1.29 is 0 Å². The molecule has 7 aromatic carbocycles. The van der Waals surface area contributed by atoms with Crippen molar-refractivity contribution in [3.05, 3.63) is 172 Å². The number of aryl methyl sites for hydroxylation is 9. The Morgan fingerprint density at radius 2 is 0.865 bits per heavy atom. The fourth-order valence-electron chi connectivity index (χ4n) is 9.33. The van der Waals surface area contributed by atoms with Crippen molar-refractivity contribution in [1.82, 2.24) is 4.98 Å². The van der Waals surface area contributed by atoms with Gasteiger partial charge >= 0.3 is 0 Å². The van der Waals surface area contributed by atoms with Gasteiger partial charge in [-0.1, -0.05) is 114 Å². The largest absolute Gasteiger partial charge is 0.256 e. The monoisotopic (exact) mass is 693 g/mol. The molecule has 0 aliphatic rings. The van der Waals surface area contributed by atoms with Gasteiger partial charge in [-0.15, -0.1) is 10.0 Å². The maximum Gasteiger partial charge on any atom is 0.0714 e. The normalized spacial score (nSPS) is 12.2. The van der Waals surface area contributed by atoms with Crippen LogP contribution in [0.15, 0.2) is 141 Å². The SMILES string of the molecule is Cc1cc(C)c(S(c2ccc(-c3ccc4c(c3)ncc3ccc5ccccc5c34)cc2)(c2c(C)cc(C)cc2C)c2c(C)cc(C)cc2C)c(C)c1. The molecular formula is C50H47NS. The molecule has 0 aliphatic carbocycles. The highest BCUT2D eigenvalue weighted by molar-refractivity contribution is 8.34. The summed E-state index contributed by atoms with van der Waals surface area (Å²) in [6.07, 6.45) is 2.03. The molecule has 0 spiro atoms. The van der Waals surface area contributed by atoms with Gasteiger partial charge in [-0.2, -0.15) is 0 Å². The molecule has 0 N–H and O–H groups in total. The number of hydrogen-bond donors (Lipinski definition) is 0. The lowest BCUT2D eigenvalue weighted by Crippen LogP contribution is -2.14. The molecule has 0 atom stereocenters. The third-order valence-electron chi connectivity index (χ3n) is 10.8. The van der Waals surface area contributed by atoms with E-state index in [1.807, 2.05) is 6.20 Å². The van der Waals surface area contributed by atoms with Gasteiger partial charge in [-0.25, -0.2) is 0 Å². The summed E-state index contributed by atoms with van der Waals surface area (Å²) in [5.41, 5.74) is 15.5. The van der Waals surface area contributed by atoms with Crippen LogP contribution in [-0.2, 0) is 0 Å². The van der Waals surface area contributed by atoms with Crippen LogP contribution < -0.4 is 0 Å². The minimum Gasteiger partial charge on any atom is -0.256 e. The third kappa shape index (κ3) is 5.35. The number of hydrogen-bond acceptors (Lipinski definition) is 1. The average molecular weight is 694 g/mol. The molecule has 0 unspecified atom stereocenters. The van der Waals surface area contributed by atoms with Crippen LogP contribution in [0.25, 0.3) is 43.6 Å². The molecule has 0 saturated heterocycles. The number of fused-ring (bicyclic) bond motifs is 5. The minimum absolute atomic E-state index is 1.02. The fraction of sp³-hybridized carbons (Fsp3) is 0.180. The first-order valence-electron chi connectivity index (χ1n) is 18.3. The zero-order valence-corrected chi connectivity index (χ0v) is 32.7. The first-order valence-corrected chi connectivity index (χ1v) is 20.0. The van der Waals surface area contributed by atoms with E-state index in [-0.39, 0.29) is 0 Å². The van der Waals surface area contributed by atoms with Gasteiger partial charge in [0.15, 0.2) is 0 Å². The standard InChI is InChI=1S/C50H47NS/c1-30-22-33(4)48(34(5)23-30)52(49-35(6)24-31(2)25-36(49)7,50-37(8)26-32(3)27-38(50)9)43-19-16-39(17-20-43)41-18-21-45-46(28-41)51-29-42-15-14-40-12-10-11-13-44(40)47(42)45/h10-29H,1-9H3. The van der Waals surface area contributed by atoms with Gasteiger partial charge in [0.25, 0.3) is 0 Å². The molecule has 0 fully saturated rings. The molecular weight excluding hydrogens is 647 g/mol. The van der Waals surface area contributed by atoms with E-state index in [1.54, 1.807) is 0 Å². The molecule has 0 aliphatic heterocycles. The number of aromatic nitrogens is 1. The average Bonchev–Trinajstić information content (AvgIpc) is 3.09. The van der Waals surface area contributed by atoms with Gasteiger partial charge in [-0.3, -0.25) is 4.98 Å². The molecule has 0 bridgehead atoms. The zero-order valence-electron chi connectivity index (χ0n) is 31.9. The predicted molar refractivity (Wildman–Crippen MR) is 225 cm³/mol. The fourth-order valence-corrected chi connectivity index (χ4v) is 14.4. The lowest BCUT2D eigenvalue weighted by atomic mass is 9.97. The molecule has 2 heteroatoms. The Balaban J connectivity index is 1.40. The van der Waals surface area contributed by atoms with Gasteiger partial charge in [-0.05, 0) is 136 Å². The first-order chi connectivity index (χ1) is 25.0. The van der Waals surface area contributed by atoms with Crippen molar-refractivity contribution in [3.8, 4) is 11.1 Å². The van der Waals surface area contributed by atoms with Crippen LogP contribution in [0.3, 0.4) is 0 Å². The van der Waals surface area contributed by atoms with E-state index in [0.29, 0.717) is 0 Å². The Hall–Kier alpha value is -5.18. The quantitative estimate of drug-likeness (QED) is 0.164. The van der Waals surface area contributed by atoms with Crippen molar-refractivity contribution >= 4 is 42.5 Å². The van der Waals surface area contributed by atoms with E-state index in [9.17, 15) is 0 Å². The summed E-state index contributed by atoms with van der Waals surface area (Å²) >= 11 is 0. The van der Waals surface area contributed by atoms with E-state index >= 15 is 0 Å². The molecule has 0 radical (unpaired) electrons. The molecule has 0 amide bonds. The number of nitrogens with zero attached hydrogens (tertiary/aromatic N) is 1. The van der Waals surface area contributed by atoms with Crippen molar-refractivity contribution in [2.45, 2.75) is 81.9 Å². The van der Waals surface area contributed by atoms with Crippen LogP contribution in [0, 0.1) is 62.3 Å². The molecule has 1 heterocycles. The summed E-state index contributed by atoms with van der Waals surface area (Å²) < 4.78 is 0. The van der Waals surface area contributed by atoms with E-state index in [1.165, 1.54) is 108 Å². The van der Waals surface area contributed by atoms with Gasteiger partial charge in [0, 0.05) is 41.9 Å². The van der Waals surface area contributed by atoms with Crippen LogP contribution in [-0.4, -0.2) is 4.98 Å². The summed E-state index contributed by atoms with van der Waals surface area (Å²) in [4.78, 5) is 10.7. The zero-order chi connectivity index (χ0) is 36.5. The Bertz CT molecular complexity index is 2510. The van der Waals surface area contributed by atoms with Gasteiger partial charge in [0.1, 0.15) is 0 Å². The van der Waals surface area contributed by atoms with Gasteiger partial charge in [0.05, 0.1) is 5.52 Å². The van der Waals surface area contributed by atoms with Crippen LogP contribution in [0.5, 0.6) is 0 Å². The highest BCUT2D eigenvalue weighted by atomic mass is 32.3. The van der Waals surface area contributed by atoms with E-state index in [4.69, 9.17) is 4.98 Å². The molecule has 0 saturated carbocycles. The number of benzene rings is 7. The third-order valence-corrected chi connectivity index (χ3v) is 15.6. The minimum atomic E-state index is -1.94. The van der Waals surface area contributed by atoms with Crippen LogP contribution >= 0.6 is 10.0 Å². The Kier molecular flexibility index (Phi) is 8.35. The summed E-state index contributed by atoms with van der Waals surface area (Å²) in [6, 6.07) is 43.8. The molecule has 1 aromatic heterocycles. The maximum absolute atomic E-state index is 4.96. The molecule has 8 aromatic rings. The highest BCUT2D eigenvalue weighted by Gasteiger charge is 2.40. The van der Waals surface area contributed by atoms with Crippen molar-refractivity contribution in [2.24, 2.45) is 0 Å². The number of pyridine rings is 1. The predicted octanol–water partition coefficient (Wildman–Crippen LogP) is 14.3. The topological polar surface area (TPSA) is 12.9 Å². The van der Waals surface area contributed by atoms with Crippen molar-refractivity contribution in [1.29, 1.82) is 0 Å². The molecule has 8 rings (SSSR count). The second-order valence-corrected chi connectivity index (χ2v) is 18.0.